The van der Waals surface area contributed by atoms with Crippen molar-refractivity contribution < 1.29 is 12.8 Å². The molecule has 11 nitrogen and oxygen atoms in total. The van der Waals surface area contributed by atoms with Crippen molar-refractivity contribution in [2.24, 2.45) is 0 Å². The highest BCUT2D eigenvalue weighted by Crippen LogP contribution is 2.23. The predicted molar refractivity (Wildman–Crippen MR) is 121 cm³/mol. The fraction of sp³-hybridized carbons (Fsp3) is 0.0476. The first kappa shape index (κ1) is 20.5. The number of aryl methyl sites for hydroxylation is 1. The molecule has 0 amide bonds. The topological polar surface area (TPSA) is 148 Å². The van der Waals surface area contributed by atoms with E-state index in [9.17, 15) is 13.2 Å². The zero-order valence-corrected chi connectivity index (χ0v) is 18.0. The first-order valence-electron chi connectivity index (χ1n) is 9.72. The number of imidazole rings is 1. The number of benzene rings is 2. The fourth-order valence-electron chi connectivity index (χ4n) is 3.22. The number of hydrogen-bond acceptors (Lipinski definition) is 8. The van der Waals surface area contributed by atoms with Crippen LogP contribution in [0.15, 0.2) is 81.4 Å². The van der Waals surface area contributed by atoms with Gasteiger partial charge < -0.3 is 9.73 Å². The van der Waals surface area contributed by atoms with E-state index in [1.807, 2.05) is 0 Å². The van der Waals surface area contributed by atoms with E-state index in [0.29, 0.717) is 34.4 Å². The zero-order chi connectivity index (χ0) is 23.0. The number of sulfonamides is 1. The van der Waals surface area contributed by atoms with E-state index in [4.69, 9.17) is 4.42 Å². The molecule has 5 rings (SSSR count). The van der Waals surface area contributed by atoms with Crippen LogP contribution in [-0.2, 0) is 10.0 Å². The van der Waals surface area contributed by atoms with Crippen LogP contribution in [0.25, 0.3) is 16.9 Å². The first-order chi connectivity index (χ1) is 15.9. The molecule has 0 saturated heterocycles. The van der Waals surface area contributed by atoms with Gasteiger partial charge in [0.15, 0.2) is 5.58 Å². The molecule has 0 fully saturated rings. The third-order valence-electron chi connectivity index (χ3n) is 4.70. The highest BCUT2D eigenvalue weighted by Gasteiger charge is 2.16. The average Bonchev–Trinajstić information content (AvgIpc) is 3.43. The highest BCUT2D eigenvalue weighted by atomic mass is 32.2. The molecule has 3 aromatic heterocycles. The molecule has 0 aliphatic heterocycles. The van der Waals surface area contributed by atoms with Gasteiger partial charge in [-0.15, -0.1) is 0 Å². The molecule has 0 bridgehead atoms. The molecule has 3 heterocycles. The second-order valence-corrected chi connectivity index (χ2v) is 8.79. The number of hydrogen-bond donors (Lipinski definition) is 3. The van der Waals surface area contributed by atoms with E-state index in [1.54, 1.807) is 60.5 Å². The van der Waals surface area contributed by atoms with Crippen LogP contribution in [0.2, 0.25) is 0 Å². The fourth-order valence-corrected chi connectivity index (χ4v) is 4.31. The Morgan fingerprint density at radius 2 is 1.82 bits per heavy atom. The second-order valence-electron chi connectivity index (χ2n) is 7.11. The van der Waals surface area contributed by atoms with Crippen LogP contribution in [0.3, 0.4) is 0 Å². The Labute approximate surface area is 187 Å². The minimum absolute atomic E-state index is 0.00209. The quantitative estimate of drug-likeness (QED) is 0.348. The number of nitrogens with one attached hydrogen (secondary N) is 3. The van der Waals surface area contributed by atoms with Gasteiger partial charge in [0, 0.05) is 29.8 Å². The highest BCUT2D eigenvalue weighted by molar-refractivity contribution is 7.92. The summed E-state index contributed by atoms with van der Waals surface area (Å²) >= 11 is 0. The molecule has 5 aromatic rings. The van der Waals surface area contributed by atoms with Crippen molar-refractivity contribution in [3.63, 3.8) is 0 Å². The van der Waals surface area contributed by atoms with Crippen LogP contribution >= 0.6 is 0 Å². The summed E-state index contributed by atoms with van der Waals surface area (Å²) < 4.78 is 34.7. The predicted octanol–water partition coefficient (Wildman–Crippen LogP) is 2.95. The van der Waals surface area contributed by atoms with Gasteiger partial charge >= 0.3 is 5.76 Å². The lowest BCUT2D eigenvalue weighted by atomic mass is 10.3. The van der Waals surface area contributed by atoms with Crippen molar-refractivity contribution in [2.45, 2.75) is 11.8 Å². The number of aromatic amines is 1. The first-order valence-corrected chi connectivity index (χ1v) is 11.2. The lowest BCUT2D eigenvalue weighted by molar-refractivity contribution is 0.555. The number of H-pyrrole nitrogens is 1. The van der Waals surface area contributed by atoms with E-state index >= 15 is 0 Å². The molecule has 3 N–H and O–H groups in total. The van der Waals surface area contributed by atoms with E-state index < -0.39 is 15.8 Å². The minimum Gasteiger partial charge on any atom is -0.408 e. The SMILES string of the molecule is Cc1nc(Nc2ccc(NS(=O)(=O)c3ccc4oc(=O)[nH]c4c3)cc2)cc(-n2ccnc2)n1. The van der Waals surface area contributed by atoms with Crippen LogP contribution in [0.5, 0.6) is 0 Å². The van der Waals surface area contributed by atoms with Gasteiger partial charge in [-0.3, -0.25) is 14.3 Å². The van der Waals surface area contributed by atoms with Crippen LogP contribution in [0.1, 0.15) is 5.82 Å². The number of fused-ring (bicyclic) bond motifs is 1. The maximum absolute atomic E-state index is 12.7. The minimum atomic E-state index is -3.87. The Balaban J connectivity index is 1.34. The molecule has 0 aliphatic rings. The van der Waals surface area contributed by atoms with Crippen molar-refractivity contribution >= 4 is 38.3 Å². The summed E-state index contributed by atoms with van der Waals surface area (Å²) in [6.45, 7) is 1.79. The van der Waals surface area contributed by atoms with Gasteiger partial charge in [-0.1, -0.05) is 0 Å². The Morgan fingerprint density at radius 1 is 1.03 bits per heavy atom. The Bertz CT molecular complexity index is 1600. The molecule has 33 heavy (non-hydrogen) atoms. The largest absolute Gasteiger partial charge is 0.417 e. The van der Waals surface area contributed by atoms with Gasteiger partial charge in [-0.25, -0.2) is 28.2 Å². The van der Waals surface area contributed by atoms with Crippen molar-refractivity contribution in [1.82, 2.24) is 24.5 Å². The van der Waals surface area contributed by atoms with Crippen LogP contribution in [0.4, 0.5) is 17.2 Å². The molecular formula is C21H17N7O4S. The van der Waals surface area contributed by atoms with Crippen LogP contribution in [-0.4, -0.2) is 32.9 Å². The number of oxazole rings is 1. The molecule has 0 spiro atoms. The van der Waals surface area contributed by atoms with Gasteiger partial charge in [-0.2, -0.15) is 0 Å². The summed E-state index contributed by atoms with van der Waals surface area (Å²) in [6, 6.07) is 12.6. The standard InChI is InChI=1S/C21H17N7O4S/c1-13-23-19(11-20(24-13)28-9-8-22-12-28)25-14-2-4-15(5-3-14)27-33(30,31)16-6-7-18-17(10-16)26-21(29)32-18/h2-12,27H,1H3,(H,26,29)(H,23,24,25). The molecule has 166 valence electrons. The number of nitrogens with zero attached hydrogens (tertiary/aromatic N) is 4. The van der Waals surface area contributed by atoms with Crippen LogP contribution in [0, 0.1) is 6.92 Å². The monoisotopic (exact) mass is 463 g/mol. The van der Waals surface area contributed by atoms with Gasteiger partial charge in [0.1, 0.15) is 23.8 Å². The smallest absolute Gasteiger partial charge is 0.408 e. The molecule has 0 radical (unpaired) electrons. The molecule has 12 heteroatoms. The van der Waals surface area contributed by atoms with Gasteiger partial charge in [0.2, 0.25) is 0 Å². The van der Waals surface area contributed by atoms with Crippen molar-refractivity contribution in [1.29, 1.82) is 0 Å². The number of rotatable bonds is 6. The van der Waals surface area contributed by atoms with Crippen molar-refractivity contribution in [2.75, 3.05) is 10.0 Å². The summed E-state index contributed by atoms with van der Waals surface area (Å²) in [5.41, 5.74) is 1.67. The Kier molecular flexibility index (Phi) is 4.90. The zero-order valence-electron chi connectivity index (χ0n) is 17.2. The van der Waals surface area contributed by atoms with Gasteiger partial charge in [0.05, 0.1) is 10.4 Å². The maximum Gasteiger partial charge on any atom is 0.417 e. The summed E-state index contributed by atoms with van der Waals surface area (Å²) in [4.78, 5) is 26.5. The van der Waals surface area contributed by atoms with E-state index in [1.165, 1.54) is 18.2 Å². The molecule has 0 aliphatic carbocycles. The number of anilines is 3. The average molecular weight is 463 g/mol. The van der Waals surface area contributed by atoms with Crippen molar-refractivity contribution in [3.8, 4) is 5.82 Å². The maximum atomic E-state index is 12.7. The van der Waals surface area contributed by atoms with Gasteiger partial charge in [0.25, 0.3) is 10.0 Å². The number of aromatic nitrogens is 5. The molecular weight excluding hydrogens is 446 g/mol. The molecule has 0 atom stereocenters. The van der Waals surface area contributed by atoms with E-state index in [-0.39, 0.29) is 10.5 Å². The third kappa shape index (κ3) is 4.32. The summed E-state index contributed by atoms with van der Waals surface area (Å²) in [5, 5.41) is 3.19. The summed E-state index contributed by atoms with van der Waals surface area (Å²) in [7, 11) is -3.87. The van der Waals surface area contributed by atoms with E-state index in [0.717, 1.165) is 0 Å². The summed E-state index contributed by atoms with van der Waals surface area (Å²) in [5.74, 6) is 1.19. The lowest BCUT2D eigenvalue weighted by Gasteiger charge is -2.11. The molecule has 2 aromatic carbocycles. The van der Waals surface area contributed by atoms with E-state index in [2.05, 4.69) is 30.0 Å². The molecule has 0 unspecified atom stereocenters. The Hall–Kier alpha value is -4.45. The lowest BCUT2D eigenvalue weighted by Crippen LogP contribution is -2.12. The second kappa shape index (κ2) is 7.91. The van der Waals surface area contributed by atoms with Gasteiger partial charge in [-0.05, 0) is 49.4 Å². The van der Waals surface area contributed by atoms with Crippen molar-refractivity contribution in [3.05, 3.63) is 83.6 Å². The van der Waals surface area contributed by atoms with Crippen LogP contribution < -0.4 is 15.8 Å². The summed E-state index contributed by atoms with van der Waals surface area (Å²) in [6.07, 6.45) is 5.10. The molecule has 0 saturated carbocycles. The third-order valence-corrected chi connectivity index (χ3v) is 6.08. The Morgan fingerprint density at radius 3 is 2.58 bits per heavy atom. The normalized spacial score (nSPS) is 11.5.